The molecule has 0 unspecified atom stereocenters. The number of halogens is 1. The zero-order valence-corrected chi connectivity index (χ0v) is 14.0. The van der Waals surface area contributed by atoms with Gasteiger partial charge in [0.2, 0.25) is 0 Å². The number of amides is 2. The average molecular weight is 373 g/mol. The minimum absolute atomic E-state index is 0.0208. The Hall–Kier alpha value is -3.39. The largest absolute Gasteiger partial charge is 0.482 e. The number of fused-ring (bicyclic) bond motifs is 1. The summed E-state index contributed by atoms with van der Waals surface area (Å²) in [7, 11) is 0. The van der Waals surface area contributed by atoms with Crippen molar-refractivity contribution in [2.75, 3.05) is 6.61 Å². The Labute approximate surface area is 152 Å². The highest BCUT2D eigenvalue weighted by molar-refractivity contribution is 6.32. The number of nitrogens with zero attached hydrogens (tertiary/aromatic N) is 1. The molecule has 3 aromatic rings. The van der Waals surface area contributed by atoms with Gasteiger partial charge in [0.1, 0.15) is 5.75 Å². The van der Waals surface area contributed by atoms with E-state index in [0.29, 0.717) is 21.5 Å². The van der Waals surface area contributed by atoms with E-state index >= 15 is 0 Å². The SMILES string of the molecule is O=C(COc1ccccc1Cl)NNC(=O)c1n[nH]c(=O)c2ccccc12. The van der Waals surface area contributed by atoms with Gasteiger partial charge in [0.05, 0.1) is 10.4 Å². The van der Waals surface area contributed by atoms with Crippen molar-refractivity contribution in [3.8, 4) is 5.75 Å². The number of aromatic amines is 1. The molecule has 0 aliphatic heterocycles. The van der Waals surface area contributed by atoms with E-state index < -0.39 is 17.4 Å². The molecule has 26 heavy (non-hydrogen) atoms. The van der Waals surface area contributed by atoms with Crippen LogP contribution < -0.4 is 21.1 Å². The molecule has 0 aliphatic rings. The maximum Gasteiger partial charge on any atom is 0.290 e. The molecular weight excluding hydrogens is 360 g/mol. The Bertz CT molecular complexity index is 1030. The Kier molecular flexibility index (Phi) is 5.14. The fourth-order valence-corrected chi connectivity index (χ4v) is 2.40. The van der Waals surface area contributed by atoms with E-state index in [0.717, 1.165) is 0 Å². The molecule has 3 rings (SSSR count). The lowest BCUT2D eigenvalue weighted by molar-refractivity contribution is -0.123. The van der Waals surface area contributed by atoms with Gasteiger partial charge in [0.15, 0.2) is 12.3 Å². The summed E-state index contributed by atoms with van der Waals surface area (Å²) >= 11 is 5.92. The predicted molar refractivity (Wildman–Crippen MR) is 94.9 cm³/mol. The maximum absolute atomic E-state index is 12.2. The summed E-state index contributed by atoms with van der Waals surface area (Å²) in [5.74, 6) is -0.917. The maximum atomic E-state index is 12.2. The monoisotopic (exact) mass is 372 g/mol. The van der Waals surface area contributed by atoms with Crippen LogP contribution in [-0.2, 0) is 4.79 Å². The van der Waals surface area contributed by atoms with Crippen molar-refractivity contribution < 1.29 is 14.3 Å². The molecule has 1 heterocycles. The third-order valence-corrected chi connectivity index (χ3v) is 3.73. The van der Waals surface area contributed by atoms with Crippen LogP contribution in [0.1, 0.15) is 10.5 Å². The van der Waals surface area contributed by atoms with Crippen LogP contribution in [0.2, 0.25) is 5.02 Å². The fourth-order valence-electron chi connectivity index (χ4n) is 2.21. The van der Waals surface area contributed by atoms with Crippen LogP contribution in [0.25, 0.3) is 10.8 Å². The van der Waals surface area contributed by atoms with Crippen molar-refractivity contribution in [1.29, 1.82) is 0 Å². The van der Waals surface area contributed by atoms with Gasteiger partial charge in [0.25, 0.3) is 17.4 Å². The quantitative estimate of drug-likeness (QED) is 0.599. The number of hydrazine groups is 1. The molecule has 2 aromatic carbocycles. The Morgan fingerprint density at radius 3 is 2.50 bits per heavy atom. The molecule has 0 bridgehead atoms. The van der Waals surface area contributed by atoms with Crippen LogP contribution in [0.5, 0.6) is 5.75 Å². The summed E-state index contributed by atoms with van der Waals surface area (Å²) in [5, 5.41) is 7.05. The van der Waals surface area contributed by atoms with Gasteiger partial charge in [0, 0.05) is 5.39 Å². The lowest BCUT2D eigenvalue weighted by Gasteiger charge is -2.10. The number of aromatic nitrogens is 2. The van der Waals surface area contributed by atoms with Crippen molar-refractivity contribution in [3.63, 3.8) is 0 Å². The van der Waals surface area contributed by atoms with E-state index in [-0.39, 0.29) is 12.3 Å². The number of carbonyl (C=O) groups is 2. The van der Waals surface area contributed by atoms with Gasteiger partial charge in [-0.25, -0.2) is 5.10 Å². The molecule has 0 fully saturated rings. The highest BCUT2D eigenvalue weighted by Crippen LogP contribution is 2.22. The minimum Gasteiger partial charge on any atom is -0.482 e. The van der Waals surface area contributed by atoms with Gasteiger partial charge in [-0.2, -0.15) is 5.10 Å². The first-order chi connectivity index (χ1) is 12.6. The molecular formula is C17H13ClN4O4. The summed E-state index contributed by atoms with van der Waals surface area (Å²) in [6, 6.07) is 13.2. The minimum atomic E-state index is -0.677. The number of ether oxygens (including phenoxy) is 1. The van der Waals surface area contributed by atoms with E-state index in [1.807, 2.05) is 0 Å². The molecule has 0 aliphatic carbocycles. The number of nitrogens with one attached hydrogen (secondary N) is 3. The summed E-state index contributed by atoms with van der Waals surface area (Å²) < 4.78 is 5.26. The van der Waals surface area contributed by atoms with E-state index in [2.05, 4.69) is 21.0 Å². The summed E-state index contributed by atoms with van der Waals surface area (Å²) in [6.07, 6.45) is 0. The third kappa shape index (κ3) is 3.81. The summed E-state index contributed by atoms with van der Waals surface area (Å²) in [6.45, 7) is -0.343. The van der Waals surface area contributed by atoms with Gasteiger partial charge < -0.3 is 4.74 Å². The third-order valence-electron chi connectivity index (χ3n) is 3.42. The molecule has 0 saturated carbocycles. The van der Waals surface area contributed by atoms with Crippen LogP contribution in [0.4, 0.5) is 0 Å². The number of para-hydroxylation sites is 1. The Morgan fingerprint density at radius 1 is 1.04 bits per heavy atom. The molecule has 0 saturated heterocycles. The topological polar surface area (TPSA) is 113 Å². The number of H-pyrrole nitrogens is 1. The number of hydrogen-bond donors (Lipinski definition) is 3. The van der Waals surface area contributed by atoms with Crippen molar-refractivity contribution in [2.24, 2.45) is 0 Å². The normalized spacial score (nSPS) is 10.3. The van der Waals surface area contributed by atoms with Crippen molar-refractivity contribution >= 4 is 34.2 Å². The zero-order valence-electron chi connectivity index (χ0n) is 13.3. The van der Waals surface area contributed by atoms with Gasteiger partial charge in [-0.1, -0.05) is 41.9 Å². The molecule has 8 nitrogen and oxygen atoms in total. The van der Waals surface area contributed by atoms with Crippen LogP contribution in [0, 0.1) is 0 Å². The number of hydrogen-bond acceptors (Lipinski definition) is 5. The molecule has 0 radical (unpaired) electrons. The van der Waals surface area contributed by atoms with E-state index in [9.17, 15) is 14.4 Å². The second-order valence-corrected chi connectivity index (χ2v) is 5.58. The Balaban J connectivity index is 1.62. The average Bonchev–Trinajstić information content (AvgIpc) is 2.66. The first-order valence-electron chi connectivity index (χ1n) is 7.50. The van der Waals surface area contributed by atoms with Crippen molar-refractivity contribution in [3.05, 3.63) is 69.6 Å². The fraction of sp³-hybridized carbons (Fsp3) is 0.0588. The summed E-state index contributed by atoms with van der Waals surface area (Å²) in [4.78, 5) is 35.8. The van der Waals surface area contributed by atoms with Crippen LogP contribution in [-0.4, -0.2) is 28.6 Å². The van der Waals surface area contributed by atoms with Crippen molar-refractivity contribution in [1.82, 2.24) is 21.0 Å². The highest BCUT2D eigenvalue weighted by Gasteiger charge is 2.15. The number of carbonyl (C=O) groups excluding carboxylic acids is 2. The summed E-state index contributed by atoms with van der Waals surface area (Å²) in [5.41, 5.74) is 4.01. The molecule has 132 valence electrons. The zero-order chi connectivity index (χ0) is 18.5. The second-order valence-electron chi connectivity index (χ2n) is 5.17. The molecule has 1 aromatic heterocycles. The van der Waals surface area contributed by atoms with E-state index in [1.54, 1.807) is 48.5 Å². The molecule has 0 spiro atoms. The van der Waals surface area contributed by atoms with Gasteiger partial charge >= 0.3 is 0 Å². The molecule has 9 heteroatoms. The van der Waals surface area contributed by atoms with Gasteiger partial charge in [-0.3, -0.25) is 25.2 Å². The standard InChI is InChI=1S/C17H13ClN4O4/c18-12-7-3-4-8-13(12)26-9-14(23)19-22-17(25)15-10-5-1-2-6-11(10)16(24)21-20-15/h1-8H,9H2,(H,19,23)(H,21,24)(H,22,25). The smallest absolute Gasteiger partial charge is 0.290 e. The molecule has 0 atom stereocenters. The molecule has 3 N–H and O–H groups in total. The lowest BCUT2D eigenvalue weighted by Crippen LogP contribution is -2.44. The Morgan fingerprint density at radius 2 is 1.73 bits per heavy atom. The number of benzene rings is 2. The molecule has 2 amide bonds. The first-order valence-corrected chi connectivity index (χ1v) is 7.88. The van der Waals surface area contributed by atoms with Crippen molar-refractivity contribution in [2.45, 2.75) is 0 Å². The van der Waals surface area contributed by atoms with Crippen LogP contribution in [0.3, 0.4) is 0 Å². The van der Waals surface area contributed by atoms with E-state index in [1.165, 1.54) is 0 Å². The lowest BCUT2D eigenvalue weighted by atomic mass is 10.1. The van der Waals surface area contributed by atoms with Crippen LogP contribution >= 0.6 is 11.6 Å². The number of rotatable bonds is 4. The van der Waals surface area contributed by atoms with Crippen LogP contribution in [0.15, 0.2) is 53.3 Å². The first kappa shape index (κ1) is 17.4. The van der Waals surface area contributed by atoms with E-state index in [4.69, 9.17) is 16.3 Å². The highest BCUT2D eigenvalue weighted by atomic mass is 35.5. The van der Waals surface area contributed by atoms with Gasteiger partial charge in [-0.05, 0) is 18.2 Å². The van der Waals surface area contributed by atoms with Gasteiger partial charge in [-0.15, -0.1) is 0 Å². The second kappa shape index (κ2) is 7.66. The predicted octanol–water partition coefficient (Wildman–Crippen LogP) is 1.42.